The van der Waals surface area contributed by atoms with E-state index in [0.29, 0.717) is 24.6 Å². The first-order valence-electron chi connectivity index (χ1n) is 8.61. The fraction of sp³-hybridized carbons (Fsp3) is 0.526. The van der Waals surface area contributed by atoms with E-state index in [-0.39, 0.29) is 17.8 Å². The Morgan fingerprint density at radius 3 is 3.00 bits per heavy atom. The molecule has 1 saturated heterocycles. The van der Waals surface area contributed by atoms with Crippen molar-refractivity contribution in [2.45, 2.75) is 20.0 Å². The number of hydrogen-bond acceptors (Lipinski definition) is 4. The van der Waals surface area contributed by atoms with Crippen molar-refractivity contribution in [2.24, 2.45) is 5.92 Å². The Morgan fingerprint density at radius 1 is 1.52 bits per heavy atom. The second-order valence-electron chi connectivity index (χ2n) is 6.62. The molecule has 0 aliphatic carbocycles. The van der Waals surface area contributed by atoms with Gasteiger partial charge in [0, 0.05) is 32.3 Å². The largest absolute Gasteiger partial charge is 0.494 e. The second kappa shape index (κ2) is 9.53. The average molecular weight is 350 g/mol. The molecule has 1 heterocycles. The van der Waals surface area contributed by atoms with Crippen molar-refractivity contribution < 1.29 is 18.7 Å². The van der Waals surface area contributed by atoms with E-state index in [9.17, 15) is 9.18 Å². The molecule has 0 aromatic heterocycles. The maximum absolute atomic E-state index is 13.6. The Kier molecular flexibility index (Phi) is 7.40. The fourth-order valence-corrected chi connectivity index (χ4v) is 2.82. The zero-order valence-electron chi connectivity index (χ0n) is 15.1. The maximum Gasteiger partial charge on any atom is 0.244 e. The summed E-state index contributed by atoms with van der Waals surface area (Å²) in [4.78, 5) is 14.3. The number of halogens is 1. The highest BCUT2D eigenvalue weighted by Gasteiger charge is 2.21. The van der Waals surface area contributed by atoms with Gasteiger partial charge in [0.2, 0.25) is 5.91 Å². The van der Waals surface area contributed by atoms with E-state index in [1.54, 1.807) is 12.1 Å². The molecule has 138 valence electrons. The van der Waals surface area contributed by atoms with Gasteiger partial charge in [0.1, 0.15) is 0 Å². The van der Waals surface area contributed by atoms with E-state index in [1.807, 2.05) is 0 Å². The smallest absolute Gasteiger partial charge is 0.244 e. The first kappa shape index (κ1) is 19.4. The number of amides is 1. The van der Waals surface area contributed by atoms with Crippen LogP contribution in [0.4, 0.5) is 4.39 Å². The minimum absolute atomic E-state index is 0.00304. The third-order valence-electron chi connectivity index (χ3n) is 3.95. The first-order chi connectivity index (χ1) is 12.0. The average Bonchev–Trinajstić information content (AvgIpc) is 2.58. The number of carbonyl (C=O) groups is 1. The van der Waals surface area contributed by atoms with Crippen LogP contribution in [0, 0.1) is 11.7 Å². The van der Waals surface area contributed by atoms with Crippen molar-refractivity contribution in [3.05, 3.63) is 35.7 Å². The molecule has 5 nitrogen and oxygen atoms in total. The van der Waals surface area contributed by atoms with Crippen LogP contribution in [0.1, 0.15) is 19.4 Å². The lowest BCUT2D eigenvalue weighted by Crippen LogP contribution is -2.48. The van der Waals surface area contributed by atoms with Gasteiger partial charge in [0.15, 0.2) is 11.6 Å². The molecule has 6 heteroatoms. The van der Waals surface area contributed by atoms with Gasteiger partial charge in [-0.2, -0.15) is 0 Å². The molecule has 1 amide bonds. The van der Waals surface area contributed by atoms with Gasteiger partial charge in [-0.25, -0.2) is 4.39 Å². The Hall–Kier alpha value is -1.92. The van der Waals surface area contributed by atoms with Crippen LogP contribution in [0.5, 0.6) is 5.75 Å². The number of morpholine rings is 1. The predicted octanol–water partition coefficient (Wildman–Crippen LogP) is 2.32. The standard InChI is InChI=1S/C19H27FN2O3/c1-14(2)12-22-8-9-25-16(13-22)11-21-19(23)7-5-15-4-6-18(24-3)17(20)10-15/h4-7,10,14,16H,8-9,11-13H2,1-3H3,(H,21,23)/b7-5+. The van der Waals surface area contributed by atoms with E-state index in [0.717, 1.165) is 19.6 Å². The maximum atomic E-state index is 13.6. The van der Waals surface area contributed by atoms with Crippen LogP contribution < -0.4 is 10.1 Å². The Bertz CT molecular complexity index is 604. The van der Waals surface area contributed by atoms with Gasteiger partial charge in [0.25, 0.3) is 0 Å². The zero-order valence-corrected chi connectivity index (χ0v) is 15.1. The van der Waals surface area contributed by atoms with Crippen molar-refractivity contribution in [1.82, 2.24) is 10.2 Å². The number of ether oxygens (including phenoxy) is 2. The normalized spacial score (nSPS) is 18.7. The summed E-state index contributed by atoms with van der Waals surface area (Å²) in [6.07, 6.45) is 2.98. The summed E-state index contributed by atoms with van der Waals surface area (Å²) < 4.78 is 24.2. The van der Waals surface area contributed by atoms with Crippen LogP contribution in [-0.2, 0) is 9.53 Å². The van der Waals surface area contributed by atoms with E-state index in [1.165, 1.54) is 25.3 Å². The molecule has 1 aliphatic rings. The van der Waals surface area contributed by atoms with Crippen molar-refractivity contribution in [2.75, 3.05) is 39.9 Å². The Labute approximate surface area is 148 Å². The molecule has 0 bridgehead atoms. The quantitative estimate of drug-likeness (QED) is 0.767. The molecule has 2 rings (SSSR count). The van der Waals surface area contributed by atoms with Gasteiger partial charge < -0.3 is 14.8 Å². The molecule has 0 saturated carbocycles. The topological polar surface area (TPSA) is 50.8 Å². The van der Waals surface area contributed by atoms with Crippen LogP contribution in [0.15, 0.2) is 24.3 Å². The van der Waals surface area contributed by atoms with Crippen LogP contribution in [0.25, 0.3) is 6.08 Å². The SMILES string of the molecule is COc1ccc(/C=C/C(=O)NCC2CN(CC(C)C)CCO2)cc1F. The highest BCUT2D eigenvalue weighted by atomic mass is 19.1. The van der Waals surface area contributed by atoms with Gasteiger partial charge in [-0.15, -0.1) is 0 Å². The molecule has 0 radical (unpaired) electrons. The Balaban J connectivity index is 1.79. The molecular formula is C19H27FN2O3. The lowest BCUT2D eigenvalue weighted by atomic mass is 10.1. The number of nitrogens with one attached hydrogen (secondary N) is 1. The molecule has 25 heavy (non-hydrogen) atoms. The number of rotatable bonds is 7. The summed E-state index contributed by atoms with van der Waals surface area (Å²) in [5, 5.41) is 2.84. The van der Waals surface area contributed by atoms with Crippen LogP contribution >= 0.6 is 0 Å². The summed E-state index contributed by atoms with van der Waals surface area (Å²) in [6.45, 7) is 8.34. The third-order valence-corrected chi connectivity index (χ3v) is 3.95. The van der Waals surface area contributed by atoms with Crippen molar-refractivity contribution in [3.8, 4) is 5.75 Å². The van der Waals surface area contributed by atoms with Crippen molar-refractivity contribution in [1.29, 1.82) is 0 Å². The second-order valence-corrected chi connectivity index (χ2v) is 6.62. The highest BCUT2D eigenvalue weighted by molar-refractivity contribution is 5.91. The highest BCUT2D eigenvalue weighted by Crippen LogP contribution is 2.18. The molecule has 1 aromatic carbocycles. The van der Waals surface area contributed by atoms with Gasteiger partial charge >= 0.3 is 0 Å². The van der Waals surface area contributed by atoms with E-state index in [4.69, 9.17) is 9.47 Å². The van der Waals surface area contributed by atoms with Crippen LogP contribution in [0.2, 0.25) is 0 Å². The number of hydrogen-bond donors (Lipinski definition) is 1. The zero-order chi connectivity index (χ0) is 18.2. The van der Waals surface area contributed by atoms with E-state index >= 15 is 0 Å². The lowest BCUT2D eigenvalue weighted by Gasteiger charge is -2.33. The first-order valence-corrected chi connectivity index (χ1v) is 8.61. The summed E-state index contributed by atoms with van der Waals surface area (Å²) >= 11 is 0. The molecular weight excluding hydrogens is 323 g/mol. The van der Waals surface area contributed by atoms with E-state index in [2.05, 4.69) is 24.1 Å². The van der Waals surface area contributed by atoms with Gasteiger partial charge in [-0.3, -0.25) is 9.69 Å². The molecule has 0 spiro atoms. The van der Waals surface area contributed by atoms with Gasteiger partial charge in [-0.05, 0) is 29.7 Å². The minimum atomic E-state index is -0.453. The summed E-state index contributed by atoms with van der Waals surface area (Å²) in [7, 11) is 1.41. The fourth-order valence-electron chi connectivity index (χ4n) is 2.82. The predicted molar refractivity (Wildman–Crippen MR) is 96.0 cm³/mol. The Morgan fingerprint density at radius 2 is 2.32 bits per heavy atom. The monoisotopic (exact) mass is 350 g/mol. The van der Waals surface area contributed by atoms with Gasteiger partial charge in [0.05, 0.1) is 19.8 Å². The third kappa shape index (κ3) is 6.48. The van der Waals surface area contributed by atoms with Crippen LogP contribution in [0.3, 0.4) is 0 Å². The van der Waals surface area contributed by atoms with Gasteiger partial charge in [-0.1, -0.05) is 19.9 Å². The summed E-state index contributed by atoms with van der Waals surface area (Å²) in [5.41, 5.74) is 0.602. The molecule has 1 unspecified atom stereocenters. The number of methoxy groups -OCH3 is 1. The number of carbonyl (C=O) groups excluding carboxylic acids is 1. The molecule has 1 aliphatic heterocycles. The molecule has 1 N–H and O–H groups in total. The number of nitrogens with zero attached hydrogens (tertiary/aromatic N) is 1. The number of benzene rings is 1. The van der Waals surface area contributed by atoms with Crippen LogP contribution in [-0.4, -0.2) is 56.8 Å². The van der Waals surface area contributed by atoms with E-state index < -0.39 is 5.82 Å². The molecule has 1 atom stereocenters. The summed E-state index contributed by atoms with van der Waals surface area (Å²) in [6, 6.07) is 4.56. The molecule has 1 fully saturated rings. The summed E-state index contributed by atoms with van der Waals surface area (Å²) in [5.74, 6) is 0.120. The van der Waals surface area contributed by atoms with Crippen molar-refractivity contribution in [3.63, 3.8) is 0 Å². The minimum Gasteiger partial charge on any atom is -0.494 e. The lowest BCUT2D eigenvalue weighted by molar-refractivity contribution is -0.117. The van der Waals surface area contributed by atoms with Crippen molar-refractivity contribution >= 4 is 12.0 Å². The molecule has 1 aromatic rings.